The number of benzene rings is 2. The Balaban J connectivity index is 1.76. The van der Waals surface area contributed by atoms with E-state index in [4.69, 9.17) is 4.74 Å². The van der Waals surface area contributed by atoms with Crippen LogP contribution in [-0.4, -0.2) is 31.2 Å². The first kappa shape index (κ1) is 21.3. The van der Waals surface area contributed by atoms with Gasteiger partial charge in [0.15, 0.2) is 5.03 Å². The molecule has 0 radical (unpaired) electrons. The molecule has 0 saturated carbocycles. The number of ether oxygens (including phenoxy) is 1. The molecule has 0 aliphatic carbocycles. The molecule has 0 saturated heterocycles. The van der Waals surface area contributed by atoms with Crippen LogP contribution in [0, 0.1) is 6.92 Å². The highest BCUT2D eigenvalue weighted by Crippen LogP contribution is 2.19. The quantitative estimate of drug-likeness (QED) is 0.615. The molecule has 2 aromatic carbocycles. The van der Waals surface area contributed by atoms with Crippen molar-refractivity contribution in [2.45, 2.75) is 29.9 Å². The number of rotatable bonds is 7. The van der Waals surface area contributed by atoms with Crippen LogP contribution in [0.3, 0.4) is 0 Å². The molecule has 1 N–H and O–H groups in total. The minimum absolute atomic E-state index is 0.0719. The molecule has 156 valence electrons. The van der Waals surface area contributed by atoms with Crippen LogP contribution >= 0.6 is 0 Å². The highest BCUT2D eigenvalue weighted by Gasteiger charge is 2.21. The largest absolute Gasteiger partial charge is 0.497 e. The molecule has 0 atom stereocenters. The molecule has 0 aliphatic rings. The van der Waals surface area contributed by atoms with E-state index in [0.29, 0.717) is 5.75 Å². The van der Waals surface area contributed by atoms with Crippen LogP contribution in [0.1, 0.15) is 11.1 Å². The van der Waals surface area contributed by atoms with Crippen molar-refractivity contribution in [3.8, 4) is 5.75 Å². The molecule has 0 bridgehead atoms. The number of methoxy groups -OCH3 is 1. The first-order chi connectivity index (χ1) is 14.3. The number of sulfone groups is 1. The molecule has 9 heteroatoms. The Hall–Kier alpha value is -3.46. The number of amides is 1. The van der Waals surface area contributed by atoms with E-state index in [1.807, 2.05) is 6.07 Å². The molecular formula is C21H21N3O5S. The normalized spacial score (nSPS) is 11.1. The second-order valence-corrected chi connectivity index (χ2v) is 8.51. The van der Waals surface area contributed by atoms with Gasteiger partial charge in [0.2, 0.25) is 15.7 Å². The maximum absolute atomic E-state index is 12.8. The predicted octanol–water partition coefficient (Wildman–Crippen LogP) is 1.71. The fraction of sp³-hybridized carbons (Fsp3) is 0.190. The smallest absolute Gasteiger partial charge is 0.267 e. The average molecular weight is 427 g/mol. The van der Waals surface area contributed by atoms with E-state index < -0.39 is 27.8 Å². The van der Waals surface area contributed by atoms with Gasteiger partial charge in [0.05, 0.1) is 12.0 Å². The fourth-order valence-electron chi connectivity index (χ4n) is 2.77. The summed E-state index contributed by atoms with van der Waals surface area (Å²) in [5.74, 6) is 0.186. The van der Waals surface area contributed by atoms with Crippen molar-refractivity contribution in [2.75, 3.05) is 7.11 Å². The third-order valence-corrected chi connectivity index (χ3v) is 5.98. The van der Waals surface area contributed by atoms with E-state index in [1.165, 1.54) is 12.1 Å². The summed E-state index contributed by atoms with van der Waals surface area (Å²) in [5, 5.41) is 6.29. The van der Waals surface area contributed by atoms with Gasteiger partial charge in [0, 0.05) is 12.6 Å². The van der Waals surface area contributed by atoms with Crippen molar-refractivity contribution >= 4 is 15.7 Å². The Morgan fingerprint density at radius 2 is 1.87 bits per heavy atom. The third kappa shape index (κ3) is 4.93. The number of nitrogens with zero attached hydrogens (tertiary/aromatic N) is 2. The first-order valence-corrected chi connectivity index (χ1v) is 10.6. The van der Waals surface area contributed by atoms with Gasteiger partial charge in [-0.3, -0.25) is 9.59 Å². The van der Waals surface area contributed by atoms with E-state index in [9.17, 15) is 18.0 Å². The average Bonchev–Trinajstić information content (AvgIpc) is 2.74. The predicted molar refractivity (Wildman–Crippen MR) is 110 cm³/mol. The number of hydrogen-bond donors (Lipinski definition) is 1. The zero-order valence-electron chi connectivity index (χ0n) is 16.5. The SMILES string of the molecule is COc1cccc(CNC(=O)Cn2nc(S(=O)(=O)c3cccc(C)c3)ccc2=O)c1. The van der Waals surface area contributed by atoms with Crippen LogP contribution in [0.25, 0.3) is 0 Å². The van der Waals surface area contributed by atoms with Crippen LogP contribution in [-0.2, 0) is 27.7 Å². The molecule has 30 heavy (non-hydrogen) atoms. The van der Waals surface area contributed by atoms with Gasteiger partial charge < -0.3 is 10.1 Å². The molecule has 8 nitrogen and oxygen atoms in total. The van der Waals surface area contributed by atoms with Gasteiger partial charge in [-0.1, -0.05) is 24.3 Å². The Labute approximate surface area is 174 Å². The van der Waals surface area contributed by atoms with Crippen LogP contribution < -0.4 is 15.6 Å². The highest BCUT2D eigenvalue weighted by molar-refractivity contribution is 7.91. The Morgan fingerprint density at radius 1 is 1.10 bits per heavy atom. The van der Waals surface area contributed by atoms with Crippen molar-refractivity contribution in [1.82, 2.24) is 15.1 Å². The lowest BCUT2D eigenvalue weighted by atomic mass is 10.2. The molecular weight excluding hydrogens is 406 g/mol. The number of nitrogens with one attached hydrogen (secondary N) is 1. The molecule has 3 aromatic rings. The first-order valence-electron chi connectivity index (χ1n) is 9.09. The summed E-state index contributed by atoms with van der Waals surface area (Å²) in [5.41, 5.74) is 1.02. The van der Waals surface area contributed by atoms with E-state index in [2.05, 4.69) is 10.4 Å². The minimum Gasteiger partial charge on any atom is -0.497 e. The van der Waals surface area contributed by atoms with Crippen LogP contribution in [0.2, 0.25) is 0 Å². The summed E-state index contributed by atoms with van der Waals surface area (Å²) in [7, 11) is -2.37. The van der Waals surface area contributed by atoms with Crippen molar-refractivity contribution in [2.24, 2.45) is 0 Å². The lowest BCUT2D eigenvalue weighted by molar-refractivity contribution is -0.122. The van der Waals surface area contributed by atoms with E-state index in [0.717, 1.165) is 27.9 Å². The van der Waals surface area contributed by atoms with Gasteiger partial charge in [-0.15, -0.1) is 0 Å². The summed E-state index contributed by atoms with van der Waals surface area (Å²) in [6.45, 7) is 1.60. The molecule has 1 heterocycles. The number of hydrogen-bond acceptors (Lipinski definition) is 6. The van der Waals surface area contributed by atoms with Crippen LogP contribution in [0.5, 0.6) is 5.75 Å². The summed E-state index contributed by atoms with van der Waals surface area (Å²) < 4.78 is 31.6. The van der Waals surface area contributed by atoms with Gasteiger partial charge >= 0.3 is 0 Å². The molecule has 0 spiro atoms. The molecule has 3 rings (SSSR count). The summed E-state index contributed by atoms with van der Waals surface area (Å²) in [6, 6.07) is 15.8. The zero-order chi connectivity index (χ0) is 21.7. The standard InChI is InChI=1S/C21H21N3O5S/c1-15-5-3-8-18(11-15)30(27,28)20-9-10-21(26)24(23-20)14-19(25)22-13-16-6-4-7-17(12-16)29-2/h3-12H,13-14H2,1-2H3,(H,22,25). The second-order valence-electron chi connectivity index (χ2n) is 6.62. The topological polar surface area (TPSA) is 107 Å². The number of aryl methyl sites for hydroxylation is 1. The van der Waals surface area contributed by atoms with Crippen LogP contribution in [0.4, 0.5) is 0 Å². The zero-order valence-corrected chi connectivity index (χ0v) is 17.3. The van der Waals surface area contributed by atoms with Crippen molar-refractivity contribution in [3.05, 3.63) is 82.1 Å². The second kappa shape index (κ2) is 8.91. The number of aromatic nitrogens is 2. The van der Waals surface area contributed by atoms with E-state index >= 15 is 0 Å². The molecule has 0 aliphatic heterocycles. The molecule has 0 fully saturated rings. The van der Waals surface area contributed by atoms with Gasteiger partial charge in [-0.25, -0.2) is 13.1 Å². The highest BCUT2D eigenvalue weighted by atomic mass is 32.2. The fourth-order valence-corrected chi connectivity index (χ4v) is 4.06. The van der Waals surface area contributed by atoms with E-state index in [1.54, 1.807) is 44.4 Å². The van der Waals surface area contributed by atoms with Crippen LogP contribution in [0.15, 0.2) is 75.4 Å². The minimum atomic E-state index is -3.92. The van der Waals surface area contributed by atoms with Gasteiger partial charge in [0.1, 0.15) is 12.3 Å². The number of carbonyl (C=O) groups is 1. The Kier molecular flexibility index (Phi) is 6.31. The van der Waals surface area contributed by atoms with Gasteiger partial charge in [0.25, 0.3) is 5.56 Å². The molecule has 1 amide bonds. The third-order valence-electron chi connectivity index (χ3n) is 4.33. The lowest BCUT2D eigenvalue weighted by Crippen LogP contribution is -2.33. The Bertz CT molecular complexity index is 1240. The lowest BCUT2D eigenvalue weighted by Gasteiger charge is -2.10. The van der Waals surface area contributed by atoms with Gasteiger partial charge in [-0.2, -0.15) is 5.10 Å². The maximum Gasteiger partial charge on any atom is 0.267 e. The van der Waals surface area contributed by atoms with Crippen molar-refractivity contribution in [3.63, 3.8) is 0 Å². The maximum atomic E-state index is 12.8. The number of carbonyl (C=O) groups excluding carboxylic acids is 1. The van der Waals surface area contributed by atoms with Crippen molar-refractivity contribution in [1.29, 1.82) is 0 Å². The van der Waals surface area contributed by atoms with Gasteiger partial charge in [-0.05, 0) is 48.4 Å². The Morgan fingerprint density at radius 3 is 2.60 bits per heavy atom. The summed E-state index contributed by atoms with van der Waals surface area (Å²) in [4.78, 5) is 24.4. The monoisotopic (exact) mass is 427 g/mol. The molecule has 0 unspecified atom stereocenters. The molecule has 1 aromatic heterocycles. The van der Waals surface area contributed by atoms with E-state index in [-0.39, 0.29) is 16.5 Å². The van der Waals surface area contributed by atoms with Crippen molar-refractivity contribution < 1.29 is 17.9 Å². The summed E-state index contributed by atoms with van der Waals surface area (Å²) in [6.07, 6.45) is 0. The summed E-state index contributed by atoms with van der Waals surface area (Å²) >= 11 is 0.